The first-order chi connectivity index (χ1) is 10.9. The second-order valence-electron chi connectivity index (χ2n) is 6.13. The van der Waals surface area contributed by atoms with Gasteiger partial charge in [-0.2, -0.15) is 0 Å². The molecule has 1 saturated carbocycles. The summed E-state index contributed by atoms with van der Waals surface area (Å²) in [6, 6.07) is 6.82. The second kappa shape index (κ2) is 7.46. The number of hydrogen-bond acceptors (Lipinski definition) is 4. The molecular formula is C17H24N2O4. The predicted octanol–water partition coefficient (Wildman–Crippen LogP) is 2.08. The molecule has 1 fully saturated rings. The number of amides is 2. The first-order valence-electron chi connectivity index (χ1n) is 7.83. The van der Waals surface area contributed by atoms with E-state index in [1.807, 2.05) is 0 Å². The van der Waals surface area contributed by atoms with Crippen molar-refractivity contribution in [3.63, 3.8) is 0 Å². The third kappa shape index (κ3) is 4.45. The molecule has 0 radical (unpaired) electrons. The molecule has 0 heterocycles. The van der Waals surface area contributed by atoms with Crippen LogP contribution in [0.1, 0.15) is 32.6 Å². The van der Waals surface area contributed by atoms with Gasteiger partial charge in [0.1, 0.15) is 11.4 Å². The van der Waals surface area contributed by atoms with Gasteiger partial charge in [0.25, 0.3) is 11.8 Å². The molecule has 1 aromatic rings. The van der Waals surface area contributed by atoms with Crippen LogP contribution >= 0.6 is 0 Å². The summed E-state index contributed by atoms with van der Waals surface area (Å²) in [5, 5.41) is 2.90. The molecule has 2 rings (SSSR count). The lowest BCUT2D eigenvalue weighted by atomic mass is 9.78. The van der Waals surface area contributed by atoms with Gasteiger partial charge < -0.3 is 20.5 Å². The number of carbonyl (C=O) groups is 2. The van der Waals surface area contributed by atoms with Gasteiger partial charge in [-0.1, -0.05) is 13.3 Å². The molecule has 1 aliphatic rings. The molecule has 1 aromatic carbocycles. The molecule has 6 nitrogen and oxygen atoms in total. The Kier molecular flexibility index (Phi) is 5.60. The molecule has 0 spiro atoms. The molecule has 3 N–H and O–H groups in total. The minimum absolute atomic E-state index is 0.114. The summed E-state index contributed by atoms with van der Waals surface area (Å²) in [6.07, 6.45) is 3.58. The fourth-order valence-electron chi connectivity index (χ4n) is 3.02. The highest BCUT2D eigenvalue weighted by Crippen LogP contribution is 2.35. The summed E-state index contributed by atoms with van der Waals surface area (Å²) in [5.74, 6) is 0.349. The Morgan fingerprint density at radius 2 is 2.04 bits per heavy atom. The predicted molar refractivity (Wildman–Crippen MR) is 87.1 cm³/mol. The number of hydrogen-bond donors (Lipinski definition) is 2. The van der Waals surface area contributed by atoms with Gasteiger partial charge in [0.2, 0.25) is 0 Å². The Morgan fingerprint density at radius 3 is 2.61 bits per heavy atom. The van der Waals surface area contributed by atoms with E-state index in [-0.39, 0.29) is 12.5 Å². The zero-order valence-corrected chi connectivity index (χ0v) is 13.6. The smallest absolute Gasteiger partial charge is 0.256 e. The molecule has 23 heavy (non-hydrogen) atoms. The van der Waals surface area contributed by atoms with E-state index in [0.717, 1.165) is 25.7 Å². The fourth-order valence-corrected chi connectivity index (χ4v) is 3.02. The highest BCUT2D eigenvalue weighted by atomic mass is 16.5. The molecule has 1 aliphatic carbocycles. The van der Waals surface area contributed by atoms with E-state index in [1.165, 1.54) is 0 Å². The summed E-state index contributed by atoms with van der Waals surface area (Å²) < 4.78 is 10.8. The first-order valence-corrected chi connectivity index (χ1v) is 7.83. The average Bonchev–Trinajstić information content (AvgIpc) is 2.54. The number of carbonyl (C=O) groups excluding carboxylic acids is 2. The van der Waals surface area contributed by atoms with Crippen LogP contribution < -0.4 is 15.8 Å². The van der Waals surface area contributed by atoms with Crippen molar-refractivity contribution in [2.75, 3.05) is 19.0 Å². The van der Waals surface area contributed by atoms with Crippen molar-refractivity contribution >= 4 is 17.5 Å². The van der Waals surface area contributed by atoms with Crippen LogP contribution in [0.5, 0.6) is 5.75 Å². The Labute approximate surface area is 136 Å². The Bertz CT molecular complexity index is 558. The monoisotopic (exact) mass is 320 g/mol. The SMILES string of the molecule is CO[C@@]1(C(=O)Nc2ccc(OCC(N)=O)cc2)CCC[C@@H](C)C1. The average molecular weight is 320 g/mol. The first kappa shape index (κ1) is 17.3. The molecule has 6 heteroatoms. The summed E-state index contributed by atoms with van der Waals surface area (Å²) in [5.41, 5.74) is 4.94. The fraction of sp³-hybridized carbons (Fsp3) is 0.529. The molecule has 0 saturated heterocycles. The van der Waals surface area contributed by atoms with Crippen LogP contribution in [0.15, 0.2) is 24.3 Å². The van der Waals surface area contributed by atoms with Crippen LogP contribution in [0, 0.1) is 5.92 Å². The minimum Gasteiger partial charge on any atom is -0.484 e. The van der Waals surface area contributed by atoms with E-state index in [4.69, 9.17) is 15.2 Å². The number of anilines is 1. The maximum absolute atomic E-state index is 12.6. The zero-order chi connectivity index (χ0) is 16.9. The topological polar surface area (TPSA) is 90.7 Å². The third-order valence-electron chi connectivity index (χ3n) is 4.25. The normalized spacial score (nSPS) is 24.0. The van der Waals surface area contributed by atoms with Crippen molar-refractivity contribution in [2.45, 2.75) is 38.2 Å². The van der Waals surface area contributed by atoms with E-state index in [9.17, 15) is 9.59 Å². The van der Waals surface area contributed by atoms with Gasteiger partial charge >= 0.3 is 0 Å². The minimum atomic E-state index is -0.751. The van der Waals surface area contributed by atoms with E-state index in [0.29, 0.717) is 17.4 Å². The summed E-state index contributed by atoms with van der Waals surface area (Å²) in [4.78, 5) is 23.3. The van der Waals surface area contributed by atoms with Crippen molar-refractivity contribution in [3.8, 4) is 5.75 Å². The van der Waals surface area contributed by atoms with Crippen molar-refractivity contribution in [3.05, 3.63) is 24.3 Å². The van der Waals surface area contributed by atoms with Crippen molar-refractivity contribution in [2.24, 2.45) is 11.7 Å². The number of primary amides is 1. The molecular weight excluding hydrogens is 296 g/mol. The van der Waals surface area contributed by atoms with Crippen LogP contribution in [0.25, 0.3) is 0 Å². The lowest BCUT2D eigenvalue weighted by molar-refractivity contribution is -0.143. The number of rotatable bonds is 6. The second-order valence-corrected chi connectivity index (χ2v) is 6.13. The van der Waals surface area contributed by atoms with Gasteiger partial charge in [-0.15, -0.1) is 0 Å². The maximum Gasteiger partial charge on any atom is 0.256 e. The van der Waals surface area contributed by atoms with Crippen LogP contribution in [0.2, 0.25) is 0 Å². The van der Waals surface area contributed by atoms with Crippen LogP contribution in [0.4, 0.5) is 5.69 Å². The van der Waals surface area contributed by atoms with Gasteiger partial charge in [0.15, 0.2) is 6.61 Å². The number of nitrogens with two attached hydrogens (primary N) is 1. The van der Waals surface area contributed by atoms with Crippen molar-refractivity contribution in [1.29, 1.82) is 0 Å². The number of nitrogens with one attached hydrogen (secondary N) is 1. The zero-order valence-electron chi connectivity index (χ0n) is 13.6. The lowest BCUT2D eigenvalue weighted by Crippen LogP contribution is -2.47. The number of methoxy groups -OCH3 is 1. The molecule has 0 aromatic heterocycles. The van der Waals surface area contributed by atoms with E-state index >= 15 is 0 Å². The summed E-state index contributed by atoms with van der Waals surface area (Å²) >= 11 is 0. The molecule has 126 valence electrons. The maximum atomic E-state index is 12.6. The molecule has 2 atom stereocenters. The Balaban J connectivity index is 2.00. The molecule has 0 unspecified atom stereocenters. The highest BCUT2D eigenvalue weighted by Gasteiger charge is 2.41. The van der Waals surface area contributed by atoms with Gasteiger partial charge in [-0.05, 0) is 49.4 Å². The standard InChI is InChI=1S/C17H24N2O4/c1-12-4-3-9-17(10-12,22-2)16(21)19-13-5-7-14(8-6-13)23-11-15(18)20/h5-8,12H,3-4,9-11H2,1-2H3,(H2,18,20)(H,19,21)/t12-,17+/m1/s1. The Hall–Kier alpha value is -2.08. The lowest BCUT2D eigenvalue weighted by Gasteiger charge is -2.37. The largest absolute Gasteiger partial charge is 0.484 e. The van der Waals surface area contributed by atoms with E-state index < -0.39 is 11.5 Å². The van der Waals surface area contributed by atoms with Gasteiger partial charge in [-0.3, -0.25) is 9.59 Å². The van der Waals surface area contributed by atoms with Crippen molar-refractivity contribution < 1.29 is 19.1 Å². The number of benzene rings is 1. The van der Waals surface area contributed by atoms with Gasteiger partial charge in [-0.25, -0.2) is 0 Å². The summed E-state index contributed by atoms with van der Waals surface area (Å²) in [6.45, 7) is 1.97. The van der Waals surface area contributed by atoms with Crippen LogP contribution in [0.3, 0.4) is 0 Å². The van der Waals surface area contributed by atoms with Crippen LogP contribution in [-0.2, 0) is 14.3 Å². The van der Waals surface area contributed by atoms with Crippen LogP contribution in [-0.4, -0.2) is 31.1 Å². The number of ether oxygens (including phenoxy) is 2. The van der Waals surface area contributed by atoms with E-state index in [2.05, 4.69) is 12.2 Å². The van der Waals surface area contributed by atoms with Gasteiger partial charge in [0, 0.05) is 12.8 Å². The molecule has 0 bridgehead atoms. The quantitative estimate of drug-likeness (QED) is 0.839. The van der Waals surface area contributed by atoms with E-state index in [1.54, 1.807) is 31.4 Å². The third-order valence-corrected chi connectivity index (χ3v) is 4.25. The Morgan fingerprint density at radius 1 is 1.35 bits per heavy atom. The van der Waals surface area contributed by atoms with Crippen molar-refractivity contribution in [1.82, 2.24) is 0 Å². The van der Waals surface area contributed by atoms with Gasteiger partial charge in [0.05, 0.1) is 0 Å². The molecule has 0 aliphatic heterocycles. The highest BCUT2D eigenvalue weighted by molar-refractivity contribution is 5.97. The molecule has 2 amide bonds. The summed E-state index contributed by atoms with van der Waals surface area (Å²) in [7, 11) is 1.60.